The molecule has 0 saturated carbocycles. The molecule has 1 saturated heterocycles. The number of aromatic amines is 4. The molecule has 6 aromatic carbocycles. The van der Waals surface area contributed by atoms with Crippen LogP contribution < -0.4 is 15.2 Å². The van der Waals surface area contributed by atoms with Gasteiger partial charge >= 0.3 is 0 Å². The number of hydrogen-bond acceptors (Lipinski definition) is 4. The third-order valence-electron chi connectivity index (χ3n) is 10.9. The quantitative estimate of drug-likeness (QED) is 0.104. The van der Waals surface area contributed by atoms with Crippen molar-refractivity contribution in [2.24, 2.45) is 5.73 Å². The van der Waals surface area contributed by atoms with E-state index in [0.29, 0.717) is 31.3 Å². The first kappa shape index (κ1) is 34.3. The zero-order chi connectivity index (χ0) is 38.1. The van der Waals surface area contributed by atoms with Crippen molar-refractivity contribution in [2.45, 2.75) is 12.8 Å². The number of likely N-dealkylation sites (tertiary alicyclic amines) is 1. The summed E-state index contributed by atoms with van der Waals surface area (Å²) >= 11 is 0. The highest BCUT2D eigenvalue weighted by Crippen LogP contribution is 2.43. The van der Waals surface area contributed by atoms with Crippen molar-refractivity contribution in [1.82, 2.24) is 24.8 Å². The Hall–Kier alpha value is -6.24. The maximum atomic E-state index is 14.0. The van der Waals surface area contributed by atoms with Gasteiger partial charge in [-0.15, -0.1) is 0 Å². The van der Waals surface area contributed by atoms with E-state index in [1.54, 1.807) is 24.3 Å². The Bertz CT molecular complexity index is 2950. The van der Waals surface area contributed by atoms with Crippen LogP contribution >= 0.6 is 0 Å². The fourth-order valence-corrected chi connectivity index (χ4v) is 8.33. The Morgan fingerprint density at radius 1 is 0.464 bits per heavy atom. The summed E-state index contributed by atoms with van der Waals surface area (Å²) < 4.78 is 67.8. The van der Waals surface area contributed by atoms with Gasteiger partial charge in [0, 0.05) is 78.2 Å². The van der Waals surface area contributed by atoms with E-state index in [1.165, 1.54) is 61.4 Å². The Labute approximate surface area is 316 Å². The largest absolute Gasteiger partial charge is 0.488 e. The van der Waals surface area contributed by atoms with Crippen LogP contribution in [0.2, 0.25) is 0 Å². The first-order chi connectivity index (χ1) is 27.3. The number of aromatic nitrogens is 4. The number of nitrogens with two attached hydrogens (primary N) is 1. The van der Waals surface area contributed by atoms with E-state index >= 15 is 0 Å². The number of hydrogen-bond donors (Lipinski definition) is 5. The van der Waals surface area contributed by atoms with Crippen LogP contribution in [0.1, 0.15) is 12.8 Å². The monoisotopic (exact) mass is 756 g/mol. The number of fused-ring (bicyclic) bond motifs is 12. The molecule has 0 amide bonds. The van der Waals surface area contributed by atoms with Crippen molar-refractivity contribution < 1.29 is 27.0 Å². The smallest absolute Gasteiger partial charge is 0.167 e. The summed E-state index contributed by atoms with van der Waals surface area (Å²) in [6.07, 6.45) is 2.47. The Balaban J connectivity index is 0.000000139. The number of nitrogens with zero attached hydrogens (tertiary/aromatic N) is 1. The number of benzene rings is 6. The second-order valence-corrected chi connectivity index (χ2v) is 14.4. The highest BCUT2D eigenvalue weighted by molar-refractivity contribution is 6.22. The van der Waals surface area contributed by atoms with Crippen molar-refractivity contribution in [3.05, 3.63) is 108 Å². The fraction of sp³-hybridized carbons (Fsp3) is 0.182. The summed E-state index contributed by atoms with van der Waals surface area (Å²) in [5.41, 5.74) is 12.1. The summed E-state index contributed by atoms with van der Waals surface area (Å²) in [4.78, 5) is 15.8. The Kier molecular flexibility index (Phi) is 8.26. The standard InChI is InChI=1S/C24H21F2N3O.C20H15F2N3O/c25-14-3-5-20-16(11-14)18-13-19-17-12-15(26)4-6-21(17)28-23(19)24(22(18)27-20)30-10-9-29-7-1-2-8-29;21-10-1-3-16-12(7-10)14-9-15-13-8-11(22)2-4-17(13)25-19(15)20(18(14)24-16)26-6-5-23/h3-6,11-13,27-28H,1-2,7-10H2;1-4,7-9,24-25H,5-6,23H2. The van der Waals surface area contributed by atoms with Crippen LogP contribution in [0.5, 0.6) is 11.5 Å². The molecule has 0 unspecified atom stereocenters. The highest BCUT2D eigenvalue weighted by atomic mass is 19.1. The zero-order valence-corrected chi connectivity index (χ0v) is 30.1. The summed E-state index contributed by atoms with van der Waals surface area (Å²) in [6.45, 7) is 4.34. The number of rotatable bonds is 7. The molecule has 10 aromatic rings. The molecule has 0 bridgehead atoms. The second-order valence-electron chi connectivity index (χ2n) is 14.4. The molecular formula is C44H36F4N6O2. The van der Waals surface area contributed by atoms with Gasteiger partial charge in [0.1, 0.15) is 36.5 Å². The summed E-state index contributed by atoms with van der Waals surface area (Å²) in [6, 6.07) is 22.6. The van der Waals surface area contributed by atoms with E-state index in [9.17, 15) is 17.6 Å². The van der Waals surface area contributed by atoms with Gasteiger partial charge in [0.15, 0.2) is 11.5 Å². The lowest BCUT2D eigenvalue weighted by atomic mass is 10.1. The van der Waals surface area contributed by atoms with Crippen molar-refractivity contribution in [2.75, 3.05) is 39.4 Å². The molecule has 12 heteroatoms. The normalized spacial score (nSPS) is 13.7. The number of nitrogens with one attached hydrogen (secondary N) is 4. The van der Waals surface area contributed by atoms with Crippen molar-refractivity contribution in [1.29, 1.82) is 0 Å². The topological polar surface area (TPSA) is 111 Å². The Morgan fingerprint density at radius 3 is 1.14 bits per heavy atom. The molecule has 8 nitrogen and oxygen atoms in total. The molecular weight excluding hydrogens is 721 g/mol. The van der Waals surface area contributed by atoms with E-state index in [4.69, 9.17) is 15.2 Å². The lowest BCUT2D eigenvalue weighted by molar-refractivity contribution is 0.241. The van der Waals surface area contributed by atoms with E-state index in [-0.39, 0.29) is 23.3 Å². The fourth-order valence-electron chi connectivity index (χ4n) is 8.33. The van der Waals surface area contributed by atoms with E-state index in [1.807, 2.05) is 12.1 Å². The average molecular weight is 757 g/mol. The summed E-state index contributed by atoms with van der Waals surface area (Å²) in [5, 5.41) is 6.49. The van der Waals surface area contributed by atoms with Crippen molar-refractivity contribution >= 4 is 87.2 Å². The van der Waals surface area contributed by atoms with E-state index in [0.717, 1.165) is 107 Å². The molecule has 4 aromatic heterocycles. The first-order valence-electron chi connectivity index (χ1n) is 18.7. The van der Waals surface area contributed by atoms with Crippen LogP contribution in [0.25, 0.3) is 87.2 Å². The average Bonchev–Trinajstić information content (AvgIpc) is 4.03. The van der Waals surface area contributed by atoms with Gasteiger partial charge in [0.25, 0.3) is 0 Å². The van der Waals surface area contributed by atoms with Crippen LogP contribution in [-0.4, -0.2) is 64.2 Å². The molecule has 1 aliphatic heterocycles. The molecule has 1 fully saturated rings. The first-order valence-corrected chi connectivity index (χ1v) is 18.7. The predicted octanol–water partition coefficient (Wildman–Crippen LogP) is 10.3. The number of H-pyrrole nitrogens is 4. The maximum Gasteiger partial charge on any atom is 0.167 e. The third-order valence-corrected chi connectivity index (χ3v) is 10.9. The SMILES string of the molecule is Fc1ccc2[nH]c3c(OCCN4CCCC4)c4[nH]c5ccc(F)cc5c4cc3c2c1.NCCOc1c2[nH]c3ccc(F)cc3c2cc2c1[nH]c1ccc(F)cc12. The molecule has 0 spiro atoms. The predicted molar refractivity (Wildman–Crippen MR) is 216 cm³/mol. The number of ether oxygens (including phenoxy) is 2. The summed E-state index contributed by atoms with van der Waals surface area (Å²) in [5.74, 6) is 0.113. The molecule has 11 rings (SSSR count). The van der Waals surface area contributed by atoms with Gasteiger partial charge in [-0.3, -0.25) is 4.90 Å². The molecule has 0 radical (unpaired) electrons. The molecule has 56 heavy (non-hydrogen) atoms. The van der Waals surface area contributed by atoms with Crippen molar-refractivity contribution in [3.63, 3.8) is 0 Å². The van der Waals surface area contributed by atoms with Crippen LogP contribution in [-0.2, 0) is 0 Å². The molecule has 0 aliphatic carbocycles. The molecule has 6 N–H and O–H groups in total. The lowest BCUT2D eigenvalue weighted by Gasteiger charge is -2.15. The van der Waals surface area contributed by atoms with Gasteiger partial charge < -0.3 is 35.1 Å². The van der Waals surface area contributed by atoms with E-state index < -0.39 is 0 Å². The van der Waals surface area contributed by atoms with Gasteiger partial charge in [0.05, 0.1) is 22.1 Å². The molecule has 0 atom stereocenters. The van der Waals surface area contributed by atoms with E-state index in [2.05, 4.69) is 24.8 Å². The van der Waals surface area contributed by atoms with Crippen LogP contribution in [0.3, 0.4) is 0 Å². The van der Waals surface area contributed by atoms with Gasteiger partial charge in [-0.05, 0) is 111 Å². The molecule has 1 aliphatic rings. The maximum absolute atomic E-state index is 14.0. The minimum Gasteiger partial charge on any atom is -0.488 e. The minimum atomic E-state index is -0.312. The lowest BCUT2D eigenvalue weighted by Crippen LogP contribution is -2.25. The van der Waals surface area contributed by atoms with Gasteiger partial charge in [-0.1, -0.05) is 0 Å². The molecule has 5 heterocycles. The van der Waals surface area contributed by atoms with Crippen LogP contribution in [0.15, 0.2) is 84.9 Å². The van der Waals surface area contributed by atoms with Crippen molar-refractivity contribution in [3.8, 4) is 11.5 Å². The van der Waals surface area contributed by atoms with Gasteiger partial charge in [0.2, 0.25) is 0 Å². The van der Waals surface area contributed by atoms with Crippen LogP contribution in [0.4, 0.5) is 17.6 Å². The number of halogens is 4. The van der Waals surface area contributed by atoms with Gasteiger partial charge in [-0.25, -0.2) is 17.6 Å². The highest BCUT2D eigenvalue weighted by Gasteiger charge is 2.20. The van der Waals surface area contributed by atoms with Crippen LogP contribution in [0, 0.1) is 23.3 Å². The minimum absolute atomic E-state index is 0.287. The second kappa shape index (κ2) is 13.5. The third kappa shape index (κ3) is 5.75. The Morgan fingerprint density at radius 2 is 0.804 bits per heavy atom. The van der Waals surface area contributed by atoms with Gasteiger partial charge in [-0.2, -0.15) is 0 Å². The zero-order valence-electron chi connectivity index (χ0n) is 30.1. The molecule has 282 valence electrons. The summed E-state index contributed by atoms with van der Waals surface area (Å²) in [7, 11) is 0.